The summed E-state index contributed by atoms with van der Waals surface area (Å²) in [5, 5.41) is 12.8. The normalized spacial score (nSPS) is 19.0. The van der Waals surface area contributed by atoms with Gasteiger partial charge in [0.15, 0.2) is 5.82 Å². The average Bonchev–Trinajstić information content (AvgIpc) is 2.80. The Morgan fingerprint density at radius 3 is 3.05 bits per heavy atom. The third kappa shape index (κ3) is 3.85. The van der Waals surface area contributed by atoms with Crippen molar-refractivity contribution in [1.29, 1.82) is 0 Å². The molecule has 2 rings (SSSR count). The molecule has 0 spiro atoms. The molecule has 1 aliphatic heterocycles. The van der Waals surface area contributed by atoms with Gasteiger partial charge in [-0.3, -0.25) is 4.79 Å². The zero-order valence-corrected chi connectivity index (χ0v) is 13.4. The highest BCUT2D eigenvalue weighted by Crippen LogP contribution is 2.34. The van der Waals surface area contributed by atoms with Crippen molar-refractivity contribution < 1.29 is 9.90 Å². The summed E-state index contributed by atoms with van der Waals surface area (Å²) in [6.45, 7) is 5.82. The predicted molar refractivity (Wildman–Crippen MR) is 85.8 cm³/mol. The molecule has 1 saturated heterocycles. The summed E-state index contributed by atoms with van der Waals surface area (Å²) in [4.78, 5) is 14.5. The van der Waals surface area contributed by atoms with Crippen LogP contribution in [-0.2, 0) is 0 Å². The van der Waals surface area contributed by atoms with E-state index in [0.29, 0.717) is 17.3 Å². The molecule has 2 heterocycles. The Bertz CT molecular complexity index is 487. The van der Waals surface area contributed by atoms with E-state index < -0.39 is 0 Å². The number of hydrogen-bond acceptors (Lipinski definition) is 6. The van der Waals surface area contributed by atoms with Gasteiger partial charge >= 0.3 is 0 Å². The third-order valence-electron chi connectivity index (χ3n) is 3.69. The van der Waals surface area contributed by atoms with E-state index in [1.165, 1.54) is 11.5 Å². The van der Waals surface area contributed by atoms with Crippen LogP contribution in [0.2, 0.25) is 0 Å². The number of rotatable bonds is 5. The van der Waals surface area contributed by atoms with Crippen molar-refractivity contribution in [3.63, 3.8) is 0 Å². The monoisotopic (exact) mass is 312 g/mol. The number of nitrogens with one attached hydrogen (secondary N) is 1. The van der Waals surface area contributed by atoms with Gasteiger partial charge in [-0.05, 0) is 50.6 Å². The van der Waals surface area contributed by atoms with Crippen molar-refractivity contribution in [3.05, 3.63) is 5.56 Å². The summed E-state index contributed by atoms with van der Waals surface area (Å²) in [5.41, 5.74) is 6.39. The molecule has 1 atom stereocenters. The standard InChI is InChI=1S/C14H24N4O2S/c1-9(2)16-13(20)11-12(15)17-21-14(11)18-6-3-4-10(8-18)5-7-19/h9-10,19H,3-8H2,1-2H3,(H2,15,17)(H,16,20). The van der Waals surface area contributed by atoms with Crippen LogP contribution in [0.25, 0.3) is 0 Å². The molecule has 1 unspecified atom stereocenters. The maximum Gasteiger partial charge on any atom is 0.258 e. The lowest BCUT2D eigenvalue weighted by Crippen LogP contribution is -2.37. The molecule has 21 heavy (non-hydrogen) atoms. The molecule has 0 aromatic carbocycles. The average molecular weight is 312 g/mol. The summed E-state index contributed by atoms with van der Waals surface area (Å²) >= 11 is 1.29. The van der Waals surface area contributed by atoms with Gasteiger partial charge in [-0.25, -0.2) is 0 Å². The number of hydrogen-bond donors (Lipinski definition) is 3. The smallest absolute Gasteiger partial charge is 0.258 e. The molecule has 0 radical (unpaired) electrons. The first-order valence-corrected chi connectivity index (χ1v) is 8.22. The lowest BCUT2D eigenvalue weighted by atomic mass is 9.95. The van der Waals surface area contributed by atoms with Gasteiger partial charge in [0.25, 0.3) is 5.91 Å². The molecule has 1 aromatic heterocycles. The maximum atomic E-state index is 12.3. The molecule has 6 nitrogen and oxygen atoms in total. The quantitative estimate of drug-likeness (QED) is 0.765. The van der Waals surface area contributed by atoms with Crippen LogP contribution >= 0.6 is 11.5 Å². The minimum Gasteiger partial charge on any atom is -0.396 e. The molecule has 0 aliphatic carbocycles. The Kier molecular flexibility index (Phi) is 5.41. The van der Waals surface area contributed by atoms with Gasteiger partial charge in [-0.15, -0.1) is 0 Å². The van der Waals surface area contributed by atoms with Crippen LogP contribution < -0.4 is 16.0 Å². The minimum atomic E-state index is -0.157. The van der Waals surface area contributed by atoms with E-state index in [1.54, 1.807) is 0 Å². The van der Waals surface area contributed by atoms with E-state index in [1.807, 2.05) is 13.8 Å². The summed E-state index contributed by atoms with van der Waals surface area (Å²) in [6, 6.07) is 0.0631. The molecule has 1 amide bonds. The van der Waals surface area contributed by atoms with Crippen molar-refractivity contribution in [1.82, 2.24) is 9.69 Å². The number of nitrogen functional groups attached to an aromatic ring is 1. The highest BCUT2D eigenvalue weighted by atomic mass is 32.1. The number of aliphatic hydroxyl groups is 1. The van der Waals surface area contributed by atoms with Crippen LogP contribution in [0, 0.1) is 5.92 Å². The van der Waals surface area contributed by atoms with Gasteiger partial charge < -0.3 is 21.1 Å². The molecule has 1 aromatic rings. The SMILES string of the molecule is CC(C)NC(=O)c1c(N)nsc1N1CCCC(CCO)C1. The van der Waals surface area contributed by atoms with Crippen molar-refractivity contribution in [2.24, 2.45) is 5.92 Å². The molecule has 118 valence electrons. The topological polar surface area (TPSA) is 91.5 Å². The van der Waals surface area contributed by atoms with Gasteiger partial charge in [-0.1, -0.05) is 0 Å². The van der Waals surface area contributed by atoms with E-state index in [9.17, 15) is 4.79 Å². The van der Waals surface area contributed by atoms with Gasteiger partial charge in [0.05, 0.1) is 0 Å². The van der Waals surface area contributed by atoms with Gasteiger partial charge in [0.2, 0.25) is 0 Å². The second-order valence-electron chi connectivity index (χ2n) is 5.84. The van der Waals surface area contributed by atoms with Crippen LogP contribution in [0.15, 0.2) is 0 Å². The van der Waals surface area contributed by atoms with Crippen LogP contribution in [0.4, 0.5) is 10.8 Å². The predicted octanol–water partition coefficient (Wildman–Crippen LogP) is 1.46. The first-order chi connectivity index (χ1) is 10.0. The van der Waals surface area contributed by atoms with E-state index in [0.717, 1.165) is 37.4 Å². The first-order valence-electron chi connectivity index (χ1n) is 7.44. The van der Waals surface area contributed by atoms with Crippen molar-refractivity contribution in [2.45, 2.75) is 39.2 Å². The number of anilines is 2. The Balaban J connectivity index is 2.18. The largest absolute Gasteiger partial charge is 0.396 e. The van der Waals surface area contributed by atoms with E-state index in [4.69, 9.17) is 10.8 Å². The highest BCUT2D eigenvalue weighted by Gasteiger charge is 2.27. The molecule has 1 aliphatic rings. The van der Waals surface area contributed by atoms with Crippen LogP contribution in [0.5, 0.6) is 0 Å². The lowest BCUT2D eigenvalue weighted by Gasteiger charge is -2.33. The highest BCUT2D eigenvalue weighted by molar-refractivity contribution is 7.11. The number of amides is 1. The molecular formula is C14H24N4O2S. The van der Waals surface area contributed by atoms with Crippen LogP contribution in [0.3, 0.4) is 0 Å². The Labute approximate surface area is 129 Å². The molecule has 0 saturated carbocycles. The number of nitrogens with two attached hydrogens (primary N) is 1. The zero-order chi connectivity index (χ0) is 15.4. The van der Waals surface area contributed by atoms with Crippen LogP contribution in [-0.4, -0.2) is 41.1 Å². The van der Waals surface area contributed by atoms with Crippen LogP contribution in [0.1, 0.15) is 43.5 Å². The Morgan fingerprint density at radius 1 is 1.62 bits per heavy atom. The molecule has 4 N–H and O–H groups in total. The minimum absolute atomic E-state index is 0.0631. The molecule has 7 heteroatoms. The second kappa shape index (κ2) is 7.09. The fourth-order valence-corrected chi connectivity index (χ4v) is 3.57. The van der Waals surface area contributed by atoms with E-state index >= 15 is 0 Å². The number of carbonyl (C=O) groups excluding carboxylic acids is 1. The lowest BCUT2D eigenvalue weighted by molar-refractivity contribution is 0.0944. The Hall–Kier alpha value is -1.34. The summed E-state index contributed by atoms with van der Waals surface area (Å²) in [6.07, 6.45) is 2.99. The van der Waals surface area contributed by atoms with Crippen molar-refractivity contribution in [3.8, 4) is 0 Å². The molecular weight excluding hydrogens is 288 g/mol. The number of aromatic nitrogens is 1. The fraction of sp³-hybridized carbons (Fsp3) is 0.714. The van der Waals surface area contributed by atoms with Gasteiger partial charge in [-0.2, -0.15) is 4.37 Å². The van der Waals surface area contributed by atoms with E-state index in [-0.39, 0.29) is 18.6 Å². The number of aliphatic hydroxyl groups excluding tert-OH is 1. The van der Waals surface area contributed by atoms with Gasteiger partial charge in [0.1, 0.15) is 10.6 Å². The number of carbonyl (C=O) groups is 1. The van der Waals surface area contributed by atoms with E-state index in [2.05, 4.69) is 14.6 Å². The van der Waals surface area contributed by atoms with Crippen molar-refractivity contribution >= 4 is 28.3 Å². The maximum absolute atomic E-state index is 12.3. The van der Waals surface area contributed by atoms with Gasteiger partial charge in [0, 0.05) is 25.7 Å². The van der Waals surface area contributed by atoms with Crippen molar-refractivity contribution in [2.75, 3.05) is 30.3 Å². The summed E-state index contributed by atoms with van der Waals surface area (Å²) in [7, 11) is 0. The first kappa shape index (κ1) is 16.0. The molecule has 0 bridgehead atoms. The summed E-state index contributed by atoms with van der Waals surface area (Å²) < 4.78 is 4.16. The third-order valence-corrected chi connectivity index (χ3v) is 4.61. The number of nitrogens with zero attached hydrogens (tertiary/aromatic N) is 2. The second-order valence-corrected chi connectivity index (χ2v) is 6.59. The fourth-order valence-electron chi connectivity index (χ4n) is 2.72. The summed E-state index contributed by atoms with van der Waals surface area (Å²) in [5.74, 6) is 0.612. The molecule has 1 fully saturated rings. The number of piperidine rings is 1. The Morgan fingerprint density at radius 2 is 2.38 bits per heavy atom. The zero-order valence-electron chi connectivity index (χ0n) is 12.6.